The molecule has 0 fully saturated rings. The molecule has 1 aromatic rings. The van der Waals surface area contributed by atoms with Crippen molar-refractivity contribution in [1.29, 1.82) is 0 Å². The van der Waals surface area contributed by atoms with E-state index in [1.807, 2.05) is 18.2 Å². The molecule has 0 heterocycles. The molecule has 0 radical (unpaired) electrons. The van der Waals surface area contributed by atoms with E-state index in [0.717, 1.165) is 6.42 Å². The zero-order valence-corrected chi connectivity index (χ0v) is 10.7. The second kappa shape index (κ2) is 5.50. The number of hydrogen-bond acceptors (Lipinski definition) is 1. The van der Waals surface area contributed by atoms with Gasteiger partial charge in [0.05, 0.1) is 12.0 Å². The Morgan fingerprint density at radius 3 is 2.47 bits per heavy atom. The van der Waals surface area contributed by atoms with Crippen LogP contribution in [-0.2, 0) is 5.41 Å². The van der Waals surface area contributed by atoms with E-state index in [0.29, 0.717) is 0 Å². The van der Waals surface area contributed by atoms with Crippen LogP contribution in [0.5, 0.6) is 0 Å². The Labute approximate surface area is 104 Å². The molecule has 0 spiro atoms. The van der Waals surface area contributed by atoms with E-state index in [1.165, 1.54) is 36.8 Å². The maximum absolute atomic E-state index is 9.63. The molecule has 1 nitrogen and oxygen atoms in total. The first-order valence-corrected chi connectivity index (χ1v) is 6.72. The van der Waals surface area contributed by atoms with Gasteiger partial charge in [-0.1, -0.05) is 68.2 Å². The highest BCUT2D eigenvalue weighted by Gasteiger charge is 2.43. The first kappa shape index (κ1) is 12.4. The monoisotopic (exact) mass is 230 g/mol. The first-order valence-electron chi connectivity index (χ1n) is 6.72. The van der Waals surface area contributed by atoms with Crippen LogP contribution in [0.1, 0.15) is 44.6 Å². The van der Waals surface area contributed by atoms with Gasteiger partial charge in [-0.25, -0.2) is 0 Å². The van der Waals surface area contributed by atoms with Gasteiger partial charge in [0.2, 0.25) is 0 Å². The highest BCUT2D eigenvalue weighted by molar-refractivity contribution is 5.54. The molecule has 1 N–H and O–H groups in total. The molecular formula is C16H22O. The largest absolute Gasteiger partial charge is 0.395 e. The van der Waals surface area contributed by atoms with E-state index in [9.17, 15) is 5.11 Å². The Kier molecular flexibility index (Phi) is 4.01. The summed E-state index contributed by atoms with van der Waals surface area (Å²) in [5.41, 5.74) is 2.57. The summed E-state index contributed by atoms with van der Waals surface area (Å²) in [7, 11) is 0. The minimum absolute atomic E-state index is 0.104. The van der Waals surface area contributed by atoms with Crippen molar-refractivity contribution in [2.45, 2.75) is 44.4 Å². The van der Waals surface area contributed by atoms with Gasteiger partial charge in [-0.05, 0) is 18.4 Å². The lowest BCUT2D eigenvalue weighted by atomic mass is 9.89. The van der Waals surface area contributed by atoms with Crippen LogP contribution in [0, 0.1) is 0 Å². The highest BCUT2D eigenvalue weighted by atomic mass is 16.3. The van der Waals surface area contributed by atoms with Crippen LogP contribution in [0.15, 0.2) is 42.0 Å². The maximum Gasteiger partial charge on any atom is 0.0600 e. The molecular weight excluding hydrogens is 208 g/mol. The predicted molar refractivity (Wildman–Crippen MR) is 72.0 cm³/mol. The molecule has 17 heavy (non-hydrogen) atoms. The van der Waals surface area contributed by atoms with Crippen molar-refractivity contribution in [3.8, 4) is 0 Å². The van der Waals surface area contributed by atoms with E-state index >= 15 is 0 Å². The number of unbranched alkanes of at least 4 members (excludes halogenated alkanes) is 3. The van der Waals surface area contributed by atoms with Crippen molar-refractivity contribution in [2.24, 2.45) is 0 Å². The number of aliphatic hydroxyl groups is 1. The van der Waals surface area contributed by atoms with Crippen LogP contribution in [0.25, 0.3) is 0 Å². The molecule has 92 valence electrons. The number of hydrogen-bond donors (Lipinski definition) is 1. The van der Waals surface area contributed by atoms with Crippen molar-refractivity contribution < 1.29 is 5.11 Å². The SMILES string of the molecule is CCCCCCC1=CC1(CO)c1ccccc1. The lowest BCUT2D eigenvalue weighted by Gasteiger charge is -2.16. The van der Waals surface area contributed by atoms with Crippen LogP contribution in [0.3, 0.4) is 0 Å². The third-order valence-corrected chi connectivity index (χ3v) is 3.75. The molecule has 1 atom stereocenters. The summed E-state index contributed by atoms with van der Waals surface area (Å²) in [6, 6.07) is 10.4. The molecule has 1 aliphatic carbocycles. The number of rotatable bonds is 7. The summed E-state index contributed by atoms with van der Waals surface area (Å²) in [6.07, 6.45) is 8.57. The van der Waals surface area contributed by atoms with E-state index in [1.54, 1.807) is 0 Å². The van der Waals surface area contributed by atoms with Crippen LogP contribution in [-0.4, -0.2) is 11.7 Å². The second-order valence-corrected chi connectivity index (χ2v) is 4.98. The Morgan fingerprint density at radius 2 is 1.82 bits per heavy atom. The van der Waals surface area contributed by atoms with Gasteiger partial charge >= 0.3 is 0 Å². The lowest BCUT2D eigenvalue weighted by Crippen LogP contribution is -2.16. The molecule has 1 unspecified atom stereocenters. The molecule has 2 rings (SSSR count). The summed E-state index contributed by atoms with van der Waals surface area (Å²) in [6.45, 7) is 2.46. The molecule has 1 aliphatic rings. The van der Waals surface area contributed by atoms with E-state index in [-0.39, 0.29) is 12.0 Å². The van der Waals surface area contributed by atoms with Gasteiger partial charge in [-0.3, -0.25) is 0 Å². The van der Waals surface area contributed by atoms with Crippen LogP contribution in [0.4, 0.5) is 0 Å². The normalized spacial score (nSPS) is 22.4. The van der Waals surface area contributed by atoms with Gasteiger partial charge in [0.25, 0.3) is 0 Å². The third kappa shape index (κ3) is 2.61. The van der Waals surface area contributed by atoms with E-state index in [2.05, 4.69) is 25.1 Å². The summed E-state index contributed by atoms with van der Waals surface area (Å²) < 4.78 is 0. The molecule has 0 bridgehead atoms. The molecule has 0 aliphatic heterocycles. The minimum Gasteiger partial charge on any atom is -0.395 e. The molecule has 1 aromatic carbocycles. The maximum atomic E-state index is 9.63. The van der Waals surface area contributed by atoms with Crippen LogP contribution in [0.2, 0.25) is 0 Å². The molecule has 0 saturated carbocycles. The average molecular weight is 230 g/mol. The summed E-state index contributed by atoms with van der Waals surface area (Å²) >= 11 is 0. The van der Waals surface area contributed by atoms with Gasteiger partial charge in [-0.2, -0.15) is 0 Å². The Balaban J connectivity index is 1.89. The van der Waals surface area contributed by atoms with E-state index in [4.69, 9.17) is 0 Å². The highest BCUT2D eigenvalue weighted by Crippen LogP contribution is 2.48. The van der Waals surface area contributed by atoms with Crippen molar-refractivity contribution in [2.75, 3.05) is 6.61 Å². The Morgan fingerprint density at radius 1 is 1.06 bits per heavy atom. The first-order chi connectivity index (χ1) is 8.33. The van der Waals surface area contributed by atoms with Gasteiger partial charge in [0.15, 0.2) is 0 Å². The van der Waals surface area contributed by atoms with Gasteiger partial charge in [0, 0.05) is 0 Å². The van der Waals surface area contributed by atoms with Crippen LogP contribution >= 0.6 is 0 Å². The van der Waals surface area contributed by atoms with Crippen molar-refractivity contribution in [1.82, 2.24) is 0 Å². The van der Waals surface area contributed by atoms with Crippen molar-refractivity contribution in [3.63, 3.8) is 0 Å². The average Bonchev–Trinajstić information content (AvgIpc) is 3.11. The molecule has 0 amide bonds. The summed E-state index contributed by atoms with van der Waals surface area (Å²) in [5, 5.41) is 9.63. The van der Waals surface area contributed by atoms with Crippen molar-refractivity contribution >= 4 is 0 Å². The van der Waals surface area contributed by atoms with Gasteiger partial charge in [0.1, 0.15) is 0 Å². The standard InChI is InChI=1S/C16H22O/c1-2-3-4-6-11-15-12-16(15,13-17)14-9-7-5-8-10-14/h5,7-10,12,17H,2-4,6,11,13H2,1H3. The Hall–Kier alpha value is -1.08. The second-order valence-electron chi connectivity index (χ2n) is 4.98. The van der Waals surface area contributed by atoms with Gasteiger partial charge < -0.3 is 5.11 Å². The fraction of sp³-hybridized carbons (Fsp3) is 0.500. The molecule has 0 aromatic heterocycles. The Bertz CT molecular complexity index is 380. The number of benzene rings is 1. The quantitative estimate of drug-likeness (QED) is 0.557. The molecule has 0 saturated heterocycles. The number of aliphatic hydroxyl groups excluding tert-OH is 1. The predicted octanol–water partition coefficient (Wildman–Crippen LogP) is 3.83. The topological polar surface area (TPSA) is 20.2 Å². The van der Waals surface area contributed by atoms with Gasteiger partial charge in [-0.15, -0.1) is 0 Å². The van der Waals surface area contributed by atoms with Crippen molar-refractivity contribution in [3.05, 3.63) is 47.5 Å². The summed E-state index contributed by atoms with van der Waals surface area (Å²) in [5.74, 6) is 0. The molecule has 1 heteroatoms. The zero-order valence-electron chi connectivity index (χ0n) is 10.7. The smallest absolute Gasteiger partial charge is 0.0600 e. The minimum atomic E-state index is -0.104. The van der Waals surface area contributed by atoms with Crippen LogP contribution < -0.4 is 0 Å². The zero-order chi connectivity index (χ0) is 12.1. The fourth-order valence-electron chi connectivity index (χ4n) is 2.54. The fourth-order valence-corrected chi connectivity index (χ4v) is 2.54. The van der Waals surface area contributed by atoms with E-state index < -0.39 is 0 Å². The summed E-state index contributed by atoms with van der Waals surface area (Å²) in [4.78, 5) is 0. The lowest BCUT2D eigenvalue weighted by molar-refractivity contribution is 0.262. The third-order valence-electron chi connectivity index (χ3n) is 3.75.